The van der Waals surface area contributed by atoms with Gasteiger partial charge >= 0.3 is 0 Å². The van der Waals surface area contributed by atoms with Gasteiger partial charge in [0.25, 0.3) is 0 Å². The number of para-hydroxylation sites is 1. The fraction of sp³-hybridized carbons (Fsp3) is 0.174. The van der Waals surface area contributed by atoms with Crippen molar-refractivity contribution >= 4 is 11.6 Å². The predicted molar refractivity (Wildman–Crippen MR) is 103 cm³/mol. The monoisotopic (exact) mass is 343 g/mol. The summed E-state index contributed by atoms with van der Waals surface area (Å²) in [7, 11) is 0. The summed E-state index contributed by atoms with van der Waals surface area (Å²) < 4.78 is 0. The van der Waals surface area contributed by atoms with Crippen molar-refractivity contribution in [3.8, 4) is 0 Å². The average molecular weight is 343 g/mol. The zero-order valence-corrected chi connectivity index (χ0v) is 14.5. The van der Waals surface area contributed by atoms with Crippen LogP contribution in [-0.2, 0) is 10.4 Å². The van der Waals surface area contributed by atoms with E-state index in [0.717, 1.165) is 16.8 Å². The molecule has 1 fully saturated rings. The van der Waals surface area contributed by atoms with Gasteiger partial charge in [0.15, 0.2) is 0 Å². The Labute approximate surface area is 153 Å². The number of hydrogen-bond acceptors (Lipinski definition) is 2. The first-order valence-corrected chi connectivity index (χ1v) is 8.91. The normalized spacial score (nSPS) is 17.5. The fourth-order valence-corrected chi connectivity index (χ4v) is 3.89. The van der Waals surface area contributed by atoms with Crippen molar-refractivity contribution in [1.82, 2.24) is 0 Å². The number of aliphatic hydroxyl groups is 1. The molecule has 3 aromatic carbocycles. The van der Waals surface area contributed by atoms with E-state index in [-0.39, 0.29) is 5.91 Å². The molecule has 0 aromatic heterocycles. The van der Waals surface area contributed by atoms with Crippen molar-refractivity contribution in [2.75, 3.05) is 11.4 Å². The van der Waals surface area contributed by atoms with Crippen LogP contribution in [0.1, 0.15) is 17.5 Å². The summed E-state index contributed by atoms with van der Waals surface area (Å²) in [4.78, 5) is 15.0. The maximum absolute atomic E-state index is 13.3. The maximum atomic E-state index is 13.3. The minimum Gasteiger partial charge on any atom is -0.380 e. The van der Waals surface area contributed by atoms with Gasteiger partial charge in [0.05, 0.1) is 5.92 Å². The number of carbonyl (C=O) groups is 1. The molecule has 1 aliphatic rings. The molecule has 130 valence electrons. The fourth-order valence-electron chi connectivity index (χ4n) is 3.89. The summed E-state index contributed by atoms with van der Waals surface area (Å²) in [5.41, 5.74) is 1.03. The second-order valence-corrected chi connectivity index (χ2v) is 6.67. The molecule has 0 aliphatic carbocycles. The van der Waals surface area contributed by atoms with E-state index < -0.39 is 11.5 Å². The Hall–Kier alpha value is -2.91. The average Bonchev–Trinajstić information content (AvgIpc) is 3.11. The first-order chi connectivity index (χ1) is 12.7. The SMILES string of the molecule is O=C1[C@@H](C(O)(c2ccccc2)c2ccccc2)CCN1c1ccccc1. The lowest BCUT2D eigenvalue weighted by atomic mass is 9.75. The van der Waals surface area contributed by atoms with Crippen molar-refractivity contribution in [3.63, 3.8) is 0 Å². The molecule has 1 aliphatic heterocycles. The van der Waals surface area contributed by atoms with E-state index in [1.165, 1.54) is 0 Å². The van der Waals surface area contributed by atoms with Crippen molar-refractivity contribution in [2.45, 2.75) is 12.0 Å². The number of carbonyl (C=O) groups excluding carboxylic acids is 1. The van der Waals surface area contributed by atoms with Gasteiger partial charge in [-0.3, -0.25) is 4.79 Å². The molecule has 3 nitrogen and oxygen atoms in total. The summed E-state index contributed by atoms with van der Waals surface area (Å²) in [6.45, 7) is 0.607. The Morgan fingerprint density at radius 2 is 1.23 bits per heavy atom. The van der Waals surface area contributed by atoms with E-state index in [1.807, 2.05) is 91.0 Å². The van der Waals surface area contributed by atoms with Gasteiger partial charge in [0.2, 0.25) is 5.91 Å². The Morgan fingerprint density at radius 3 is 1.73 bits per heavy atom. The van der Waals surface area contributed by atoms with Crippen molar-refractivity contribution in [3.05, 3.63) is 102 Å². The highest BCUT2D eigenvalue weighted by molar-refractivity contribution is 5.98. The number of hydrogen-bond donors (Lipinski definition) is 1. The molecule has 1 amide bonds. The molecule has 4 rings (SSSR count). The largest absolute Gasteiger partial charge is 0.380 e. The van der Waals surface area contributed by atoms with Crippen LogP contribution in [0, 0.1) is 5.92 Å². The molecule has 1 saturated heterocycles. The Balaban J connectivity index is 1.78. The number of amides is 1. The quantitative estimate of drug-likeness (QED) is 0.778. The van der Waals surface area contributed by atoms with Gasteiger partial charge in [-0.15, -0.1) is 0 Å². The van der Waals surface area contributed by atoms with Crippen LogP contribution in [0.5, 0.6) is 0 Å². The summed E-state index contributed by atoms with van der Waals surface area (Å²) in [6.07, 6.45) is 0.605. The van der Waals surface area contributed by atoms with E-state index in [2.05, 4.69) is 0 Å². The van der Waals surface area contributed by atoms with E-state index in [9.17, 15) is 9.90 Å². The molecule has 1 atom stereocenters. The van der Waals surface area contributed by atoms with Crippen LogP contribution >= 0.6 is 0 Å². The molecule has 0 bridgehead atoms. The molecule has 0 saturated carbocycles. The van der Waals surface area contributed by atoms with E-state index >= 15 is 0 Å². The molecule has 0 radical (unpaired) electrons. The molecular weight excluding hydrogens is 322 g/mol. The topological polar surface area (TPSA) is 40.5 Å². The van der Waals surface area contributed by atoms with Gasteiger partial charge in [-0.05, 0) is 29.7 Å². The number of anilines is 1. The van der Waals surface area contributed by atoms with Crippen LogP contribution in [0.2, 0.25) is 0 Å². The predicted octanol–water partition coefficient (Wildman–Crippen LogP) is 3.98. The highest BCUT2D eigenvalue weighted by Gasteiger charge is 2.49. The maximum Gasteiger partial charge on any atom is 0.233 e. The number of rotatable bonds is 4. The third-order valence-corrected chi connectivity index (χ3v) is 5.21. The zero-order valence-electron chi connectivity index (χ0n) is 14.5. The molecule has 26 heavy (non-hydrogen) atoms. The Bertz CT molecular complexity index is 838. The van der Waals surface area contributed by atoms with E-state index in [0.29, 0.717) is 13.0 Å². The van der Waals surface area contributed by atoms with Crippen LogP contribution in [0.3, 0.4) is 0 Å². The van der Waals surface area contributed by atoms with Gasteiger partial charge in [-0.1, -0.05) is 78.9 Å². The van der Waals surface area contributed by atoms with Gasteiger partial charge in [0.1, 0.15) is 5.60 Å². The first kappa shape index (κ1) is 16.6. The molecular formula is C23H21NO2. The Morgan fingerprint density at radius 1 is 0.769 bits per heavy atom. The minimum atomic E-state index is -1.34. The van der Waals surface area contributed by atoms with E-state index in [4.69, 9.17) is 0 Å². The third kappa shape index (κ3) is 2.71. The molecule has 3 aromatic rings. The molecule has 1 heterocycles. The minimum absolute atomic E-state index is 0.0357. The highest BCUT2D eigenvalue weighted by atomic mass is 16.3. The summed E-state index contributed by atoms with van der Waals surface area (Å²) in [5, 5.41) is 11.8. The number of nitrogens with zero attached hydrogens (tertiary/aromatic N) is 1. The van der Waals surface area contributed by atoms with Crippen molar-refractivity contribution < 1.29 is 9.90 Å². The molecule has 3 heteroatoms. The molecule has 0 spiro atoms. The highest BCUT2D eigenvalue weighted by Crippen LogP contribution is 2.42. The van der Waals surface area contributed by atoms with Gasteiger partial charge < -0.3 is 10.0 Å². The smallest absolute Gasteiger partial charge is 0.233 e. The Kier molecular flexibility index (Phi) is 4.31. The lowest BCUT2D eigenvalue weighted by molar-refractivity contribution is -0.127. The zero-order chi connectivity index (χ0) is 18.0. The second kappa shape index (κ2) is 6.77. The lowest BCUT2D eigenvalue weighted by Gasteiger charge is -2.34. The van der Waals surface area contributed by atoms with Crippen molar-refractivity contribution in [1.29, 1.82) is 0 Å². The molecule has 1 N–H and O–H groups in total. The summed E-state index contributed by atoms with van der Waals surface area (Å²) in [6, 6.07) is 28.7. The number of benzene rings is 3. The second-order valence-electron chi connectivity index (χ2n) is 6.67. The van der Waals surface area contributed by atoms with Crippen LogP contribution < -0.4 is 4.90 Å². The third-order valence-electron chi connectivity index (χ3n) is 5.21. The summed E-state index contributed by atoms with van der Waals surface area (Å²) in [5.74, 6) is -0.557. The van der Waals surface area contributed by atoms with Crippen LogP contribution in [0.4, 0.5) is 5.69 Å². The lowest BCUT2D eigenvalue weighted by Crippen LogP contribution is -2.41. The van der Waals surface area contributed by atoms with Crippen molar-refractivity contribution in [2.24, 2.45) is 5.92 Å². The van der Waals surface area contributed by atoms with Gasteiger partial charge in [-0.25, -0.2) is 0 Å². The van der Waals surface area contributed by atoms with E-state index in [1.54, 1.807) is 4.90 Å². The van der Waals surface area contributed by atoms with Crippen LogP contribution in [0.25, 0.3) is 0 Å². The molecule has 0 unspecified atom stereocenters. The summed E-state index contributed by atoms with van der Waals surface area (Å²) >= 11 is 0. The first-order valence-electron chi connectivity index (χ1n) is 8.91. The van der Waals surface area contributed by atoms with Gasteiger partial charge in [-0.2, -0.15) is 0 Å². The van der Waals surface area contributed by atoms with Crippen LogP contribution in [-0.4, -0.2) is 17.6 Å². The standard InChI is InChI=1S/C23H21NO2/c25-22-21(16-17-24(22)20-14-8-3-9-15-20)23(26,18-10-4-1-5-11-18)19-12-6-2-7-13-19/h1-15,21,26H,16-17H2/t21-/m0/s1. The van der Waals surface area contributed by atoms with Gasteiger partial charge in [0, 0.05) is 12.2 Å². The van der Waals surface area contributed by atoms with Crippen LogP contribution in [0.15, 0.2) is 91.0 Å².